The highest BCUT2D eigenvalue weighted by atomic mass is 14.7. The van der Waals surface area contributed by atoms with Crippen LogP contribution in [0.3, 0.4) is 0 Å². The summed E-state index contributed by atoms with van der Waals surface area (Å²) in [4.78, 5) is 4.76. The molecule has 3 aliphatic rings. The van der Waals surface area contributed by atoms with Crippen LogP contribution in [-0.2, 0) is 0 Å². The number of allylic oxidation sites excluding steroid dienone is 2. The van der Waals surface area contributed by atoms with E-state index in [1.54, 1.807) is 0 Å². The molecule has 17 heavy (non-hydrogen) atoms. The molecule has 0 aliphatic heterocycles. The minimum atomic E-state index is 0.594. The Balaban J connectivity index is 1.92. The van der Waals surface area contributed by atoms with Gasteiger partial charge in [-0.3, -0.25) is 4.98 Å². The van der Waals surface area contributed by atoms with Crippen molar-refractivity contribution in [2.45, 2.75) is 51.4 Å². The zero-order valence-corrected chi connectivity index (χ0v) is 10.8. The maximum atomic E-state index is 4.76. The Kier molecular flexibility index (Phi) is 2.78. The van der Waals surface area contributed by atoms with E-state index < -0.39 is 0 Å². The number of pyridine rings is 1. The first-order valence-corrected chi connectivity index (χ1v) is 6.95. The van der Waals surface area contributed by atoms with Gasteiger partial charge in [-0.05, 0) is 37.3 Å². The first-order valence-electron chi connectivity index (χ1n) is 6.95. The van der Waals surface area contributed by atoms with Crippen LogP contribution in [0.5, 0.6) is 0 Å². The van der Waals surface area contributed by atoms with Gasteiger partial charge in [0.25, 0.3) is 0 Å². The van der Waals surface area contributed by atoms with Gasteiger partial charge in [-0.25, -0.2) is 0 Å². The van der Waals surface area contributed by atoms with Crippen molar-refractivity contribution >= 4 is 0 Å². The number of hydrogen-bond acceptors (Lipinski definition) is 1. The maximum Gasteiger partial charge on any atom is 0.0513 e. The van der Waals surface area contributed by atoms with Crippen LogP contribution in [0.25, 0.3) is 0 Å². The maximum absolute atomic E-state index is 4.76. The summed E-state index contributed by atoms with van der Waals surface area (Å²) in [7, 11) is 0. The topological polar surface area (TPSA) is 12.9 Å². The molecule has 90 valence electrons. The minimum absolute atomic E-state index is 0.594. The molecule has 0 spiro atoms. The molecule has 2 unspecified atom stereocenters. The van der Waals surface area contributed by atoms with E-state index in [4.69, 9.17) is 4.98 Å². The fourth-order valence-electron chi connectivity index (χ4n) is 3.45. The van der Waals surface area contributed by atoms with Crippen LogP contribution >= 0.6 is 0 Å². The molecule has 1 aromatic heterocycles. The van der Waals surface area contributed by atoms with Gasteiger partial charge in [0.05, 0.1) is 5.69 Å². The van der Waals surface area contributed by atoms with E-state index in [0.717, 1.165) is 11.6 Å². The summed E-state index contributed by atoms with van der Waals surface area (Å²) >= 11 is 0. The van der Waals surface area contributed by atoms with Gasteiger partial charge in [0, 0.05) is 17.5 Å². The fourth-order valence-corrected chi connectivity index (χ4v) is 3.45. The first kappa shape index (κ1) is 11.0. The highest BCUT2D eigenvalue weighted by Crippen LogP contribution is 2.49. The Morgan fingerprint density at radius 2 is 2.18 bits per heavy atom. The molecule has 3 atom stereocenters. The van der Waals surface area contributed by atoms with Crippen LogP contribution in [0, 0.1) is 12.8 Å². The number of aromatic nitrogens is 1. The van der Waals surface area contributed by atoms with E-state index in [1.165, 1.54) is 36.9 Å². The van der Waals surface area contributed by atoms with Gasteiger partial charge in [0.2, 0.25) is 0 Å². The molecule has 0 aromatic carbocycles. The molecule has 0 fully saturated rings. The van der Waals surface area contributed by atoms with Crippen molar-refractivity contribution in [1.82, 2.24) is 4.98 Å². The zero-order chi connectivity index (χ0) is 11.8. The fraction of sp³-hybridized carbons (Fsp3) is 0.562. The normalized spacial score (nSPS) is 29.4. The van der Waals surface area contributed by atoms with Crippen LogP contribution < -0.4 is 0 Å². The number of rotatable bonds is 3. The largest absolute Gasteiger partial charge is 0.257 e. The first-order chi connectivity index (χ1) is 8.29. The van der Waals surface area contributed by atoms with Crippen LogP contribution in [0.2, 0.25) is 0 Å². The van der Waals surface area contributed by atoms with Crippen LogP contribution in [0.4, 0.5) is 0 Å². The van der Waals surface area contributed by atoms with E-state index in [-0.39, 0.29) is 0 Å². The molecule has 0 radical (unpaired) electrons. The number of unbranched alkanes of at least 4 members (excludes halogenated alkanes) is 1. The molecule has 1 heteroatoms. The standard InChI is InChI=1S/C16H21N/c1-3-4-5-12-10-13-7-9-14(12)15-8-6-11(2)17-16(13)15/h6-9,12-14H,3-5,10H2,1-2H3/t12-,13?,14?/m1/s1. The number of hydrogen-bond donors (Lipinski definition) is 0. The summed E-state index contributed by atoms with van der Waals surface area (Å²) in [6.45, 7) is 4.39. The van der Waals surface area contributed by atoms with Crippen molar-refractivity contribution in [3.05, 3.63) is 41.2 Å². The van der Waals surface area contributed by atoms with Gasteiger partial charge in [0.15, 0.2) is 0 Å². The lowest BCUT2D eigenvalue weighted by molar-refractivity contribution is 0.340. The van der Waals surface area contributed by atoms with Crippen molar-refractivity contribution in [2.24, 2.45) is 5.92 Å². The highest BCUT2D eigenvalue weighted by molar-refractivity contribution is 5.41. The van der Waals surface area contributed by atoms with Crippen molar-refractivity contribution in [3.63, 3.8) is 0 Å². The lowest BCUT2D eigenvalue weighted by atomic mass is 9.66. The van der Waals surface area contributed by atoms with Crippen molar-refractivity contribution in [2.75, 3.05) is 0 Å². The SMILES string of the molecule is CCCC[C@@H]1CC2C=CC1c1ccc(C)nc12. The third kappa shape index (κ3) is 1.82. The average Bonchev–Trinajstić information content (AvgIpc) is 2.37. The monoisotopic (exact) mass is 227 g/mol. The molecule has 0 saturated carbocycles. The van der Waals surface area contributed by atoms with Crippen LogP contribution in [0.15, 0.2) is 24.3 Å². The molecular weight excluding hydrogens is 206 g/mol. The molecule has 2 bridgehead atoms. The zero-order valence-electron chi connectivity index (χ0n) is 10.8. The molecular formula is C16H21N. The second kappa shape index (κ2) is 4.29. The van der Waals surface area contributed by atoms with E-state index in [1.807, 2.05) is 0 Å². The number of nitrogens with zero attached hydrogens (tertiary/aromatic N) is 1. The van der Waals surface area contributed by atoms with Crippen LogP contribution in [0.1, 0.15) is 61.4 Å². The Labute approximate surface area is 104 Å². The van der Waals surface area contributed by atoms with Gasteiger partial charge in [-0.2, -0.15) is 0 Å². The lowest BCUT2D eigenvalue weighted by Gasteiger charge is -2.39. The molecule has 1 heterocycles. The Morgan fingerprint density at radius 3 is 3.00 bits per heavy atom. The molecule has 0 amide bonds. The quantitative estimate of drug-likeness (QED) is 0.700. The van der Waals surface area contributed by atoms with E-state index in [9.17, 15) is 0 Å². The Bertz CT molecular complexity index is 447. The van der Waals surface area contributed by atoms with Crippen molar-refractivity contribution in [1.29, 1.82) is 0 Å². The molecule has 3 aliphatic carbocycles. The van der Waals surface area contributed by atoms with Crippen LogP contribution in [-0.4, -0.2) is 4.98 Å². The van der Waals surface area contributed by atoms with Crippen molar-refractivity contribution in [3.8, 4) is 0 Å². The van der Waals surface area contributed by atoms with Gasteiger partial charge < -0.3 is 0 Å². The molecule has 1 nitrogen and oxygen atoms in total. The van der Waals surface area contributed by atoms with Crippen molar-refractivity contribution < 1.29 is 0 Å². The summed E-state index contributed by atoms with van der Waals surface area (Å²) in [5.74, 6) is 2.10. The summed E-state index contributed by atoms with van der Waals surface area (Å²) in [6, 6.07) is 4.49. The predicted octanol–water partition coefficient (Wildman–Crippen LogP) is 4.34. The lowest BCUT2D eigenvalue weighted by Crippen LogP contribution is -2.27. The second-order valence-electron chi connectivity index (χ2n) is 5.58. The second-order valence-corrected chi connectivity index (χ2v) is 5.58. The molecule has 1 aromatic rings. The highest BCUT2D eigenvalue weighted by Gasteiger charge is 2.36. The summed E-state index contributed by atoms with van der Waals surface area (Å²) < 4.78 is 0. The Hall–Kier alpha value is -1.11. The van der Waals surface area contributed by atoms with Gasteiger partial charge in [-0.15, -0.1) is 0 Å². The van der Waals surface area contributed by atoms with E-state index in [0.29, 0.717) is 11.8 Å². The smallest absolute Gasteiger partial charge is 0.0513 e. The number of fused-ring (bicyclic) bond motifs is 1. The average molecular weight is 227 g/mol. The summed E-state index contributed by atoms with van der Waals surface area (Å²) in [5.41, 5.74) is 4.04. The van der Waals surface area contributed by atoms with E-state index in [2.05, 4.69) is 38.1 Å². The summed E-state index contributed by atoms with van der Waals surface area (Å²) in [6.07, 6.45) is 10.2. The minimum Gasteiger partial charge on any atom is -0.257 e. The predicted molar refractivity (Wildman–Crippen MR) is 71.2 cm³/mol. The van der Waals surface area contributed by atoms with E-state index >= 15 is 0 Å². The van der Waals surface area contributed by atoms with Gasteiger partial charge >= 0.3 is 0 Å². The molecule has 0 saturated heterocycles. The molecule has 4 rings (SSSR count). The van der Waals surface area contributed by atoms with Gasteiger partial charge in [0.1, 0.15) is 0 Å². The third-order valence-electron chi connectivity index (χ3n) is 4.35. The number of aryl methyl sites for hydroxylation is 1. The summed E-state index contributed by atoms with van der Waals surface area (Å²) in [5, 5.41) is 0. The molecule has 0 N–H and O–H groups in total. The third-order valence-corrected chi connectivity index (χ3v) is 4.35. The Morgan fingerprint density at radius 1 is 1.29 bits per heavy atom. The van der Waals surface area contributed by atoms with Gasteiger partial charge in [-0.1, -0.05) is 38.0 Å².